The van der Waals surface area contributed by atoms with Crippen LogP contribution in [0, 0.1) is 0 Å². The first-order valence-electron chi connectivity index (χ1n) is 8.76. The Bertz CT molecular complexity index is 764. The number of benzene rings is 1. The molecule has 1 unspecified atom stereocenters. The summed E-state index contributed by atoms with van der Waals surface area (Å²) in [6.07, 6.45) is 4.37. The molecule has 2 aromatic rings. The number of aromatic nitrogens is 1. The molecule has 6 heteroatoms. The number of hydrogen-bond acceptors (Lipinski definition) is 5. The molecule has 2 heterocycles. The fourth-order valence-electron chi connectivity index (χ4n) is 3.36. The van der Waals surface area contributed by atoms with E-state index in [1.54, 1.807) is 26.6 Å². The predicted molar refractivity (Wildman–Crippen MR) is 99.3 cm³/mol. The first kappa shape index (κ1) is 18.2. The van der Waals surface area contributed by atoms with Gasteiger partial charge < -0.3 is 14.8 Å². The van der Waals surface area contributed by atoms with Gasteiger partial charge in [0.1, 0.15) is 0 Å². The maximum atomic E-state index is 12.3. The highest BCUT2D eigenvalue weighted by Gasteiger charge is 2.27. The van der Waals surface area contributed by atoms with E-state index in [0.717, 1.165) is 30.0 Å². The third kappa shape index (κ3) is 3.96. The third-order valence-electron chi connectivity index (χ3n) is 4.87. The average molecular weight is 355 g/mol. The molecular weight excluding hydrogens is 330 g/mol. The van der Waals surface area contributed by atoms with Gasteiger partial charge in [-0.3, -0.25) is 14.7 Å². The second-order valence-corrected chi connectivity index (χ2v) is 6.44. The first-order chi connectivity index (χ1) is 12.6. The van der Waals surface area contributed by atoms with Gasteiger partial charge in [-0.15, -0.1) is 0 Å². The lowest BCUT2D eigenvalue weighted by Gasteiger charge is -2.35. The van der Waals surface area contributed by atoms with Crippen LogP contribution in [0.25, 0.3) is 0 Å². The van der Waals surface area contributed by atoms with Crippen molar-refractivity contribution in [2.45, 2.75) is 25.9 Å². The number of fused-ring (bicyclic) bond motifs is 1. The third-order valence-corrected chi connectivity index (χ3v) is 4.87. The van der Waals surface area contributed by atoms with Gasteiger partial charge in [0.05, 0.1) is 20.8 Å². The molecule has 3 rings (SSSR count). The number of nitrogens with one attached hydrogen (secondary N) is 1. The van der Waals surface area contributed by atoms with Crippen LogP contribution in [0.1, 0.15) is 29.7 Å². The lowest BCUT2D eigenvalue weighted by Crippen LogP contribution is -2.41. The minimum Gasteiger partial charge on any atom is -0.493 e. The summed E-state index contributed by atoms with van der Waals surface area (Å²) in [5, 5.41) is 2.97. The van der Waals surface area contributed by atoms with E-state index in [1.807, 2.05) is 24.3 Å². The van der Waals surface area contributed by atoms with Crippen LogP contribution in [-0.4, -0.2) is 43.1 Å². The van der Waals surface area contributed by atoms with Crippen molar-refractivity contribution in [2.24, 2.45) is 0 Å². The fraction of sp³-hybridized carbons (Fsp3) is 0.400. The van der Waals surface area contributed by atoms with Gasteiger partial charge in [0.25, 0.3) is 0 Å². The number of ether oxygens (including phenoxy) is 2. The topological polar surface area (TPSA) is 63.7 Å². The molecule has 26 heavy (non-hydrogen) atoms. The van der Waals surface area contributed by atoms with Crippen molar-refractivity contribution in [3.05, 3.63) is 53.3 Å². The highest BCUT2D eigenvalue weighted by Crippen LogP contribution is 2.37. The Kier molecular flexibility index (Phi) is 5.73. The van der Waals surface area contributed by atoms with Gasteiger partial charge in [-0.1, -0.05) is 6.07 Å². The number of carbonyl (C=O) groups is 1. The molecule has 0 saturated carbocycles. The van der Waals surface area contributed by atoms with Crippen molar-refractivity contribution in [3.8, 4) is 11.5 Å². The van der Waals surface area contributed by atoms with Gasteiger partial charge in [-0.25, -0.2) is 0 Å². The molecule has 0 radical (unpaired) electrons. The average Bonchev–Trinajstić information content (AvgIpc) is 2.68. The number of pyridine rings is 1. The highest BCUT2D eigenvalue weighted by atomic mass is 16.5. The van der Waals surface area contributed by atoms with Crippen molar-refractivity contribution in [1.82, 2.24) is 15.2 Å². The van der Waals surface area contributed by atoms with E-state index in [4.69, 9.17) is 9.47 Å². The van der Waals surface area contributed by atoms with E-state index in [0.29, 0.717) is 13.1 Å². The van der Waals surface area contributed by atoms with Crippen LogP contribution >= 0.6 is 0 Å². The summed E-state index contributed by atoms with van der Waals surface area (Å²) in [6, 6.07) is 8.03. The lowest BCUT2D eigenvalue weighted by atomic mass is 9.93. The second kappa shape index (κ2) is 8.19. The standard InChI is InChI=1S/C20H25N3O3/c1-14-17-10-19(26-3)18(25-2)9-16(17)6-8-23(14)13-20(24)22-12-15-5-4-7-21-11-15/h4-5,7,9-11,14H,6,8,12-13H2,1-3H3,(H,22,24). The van der Waals surface area contributed by atoms with E-state index in [1.165, 1.54) is 11.1 Å². The van der Waals surface area contributed by atoms with Crippen LogP contribution in [0.3, 0.4) is 0 Å². The summed E-state index contributed by atoms with van der Waals surface area (Å²) in [4.78, 5) is 18.6. The zero-order valence-electron chi connectivity index (χ0n) is 15.5. The Balaban J connectivity index is 1.65. The van der Waals surface area contributed by atoms with Crippen LogP contribution in [0.2, 0.25) is 0 Å². The van der Waals surface area contributed by atoms with E-state index in [-0.39, 0.29) is 11.9 Å². The number of amides is 1. The number of methoxy groups -OCH3 is 2. The monoisotopic (exact) mass is 355 g/mol. The Morgan fingerprint density at radius 3 is 2.77 bits per heavy atom. The first-order valence-corrected chi connectivity index (χ1v) is 8.76. The van der Waals surface area contributed by atoms with Crippen molar-refractivity contribution < 1.29 is 14.3 Å². The van der Waals surface area contributed by atoms with Crippen LogP contribution in [-0.2, 0) is 17.8 Å². The van der Waals surface area contributed by atoms with Crippen molar-refractivity contribution >= 4 is 5.91 Å². The molecule has 1 amide bonds. The molecule has 0 fully saturated rings. The quantitative estimate of drug-likeness (QED) is 0.862. The molecule has 0 saturated heterocycles. The summed E-state index contributed by atoms with van der Waals surface area (Å²) < 4.78 is 10.8. The molecule has 1 aliphatic heterocycles. The van der Waals surface area contributed by atoms with Crippen molar-refractivity contribution in [1.29, 1.82) is 0 Å². The Morgan fingerprint density at radius 2 is 2.08 bits per heavy atom. The van der Waals surface area contributed by atoms with E-state index in [2.05, 4.69) is 22.1 Å². The number of hydrogen-bond donors (Lipinski definition) is 1. The molecule has 1 atom stereocenters. The minimum absolute atomic E-state index is 0.0182. The molecule has 138 valence electrons. The molecule has 1 aliphatic rings. The molecular formula is C20H25N3O3. The van der Waals surface area contributed by atoms with Gasteiger partial charge in [-0.2, -0.15) is 0 Å². The minimum atomic E-state index is 0.0182. The number of carbonyl (C=O) groups excluding carboxylic acids is 1. The molecule has 1 aromatic heterocycles. The molecule has 1 N–H and O–H groups in total. The zero-order chi connectivity index (χ0) is 18.5. The predicted octanol–water partition coefficient (Wildman–Crippen LogP) is 2.33. The number of nitrogens with zero attached hydrogens (tertiary/aromatic N) is 2. The van der Waals surface area contributed by atoms with E-state index >= 15 is 0 Å². The summed E-state index contributed by atoms with van der Waals surface area (Å²) in [5.74, 6) is 1.49. The van der Waals surface area contributed by atoms with Crippen LogP contribution in [0.5, 0.6) is 11.5 Å². The normalized spacial score (nSPS) is 16.7. The van der Waals surface area contributed by atoms with Crippen LogP contribution in [0.15, 0.2) is 36.7 Å². The highest BCUT2D eigenvalue weighted by molar-refractivity contribution is 5.78. The Hall–Kier alpha value is -2.60. The second-order valence-electron chi connectivity index (χ2n) is 6.44. The van der Waals surface area contributed by atoms with E-state index in [9.17, 15) is 4.79 Å². The van der Waals surface area contributed by atoms with Gasteiger partial charge >= 0.3 is 0 Å². The fourth-order valence-corrected chi connectivity index (χ4v) is 3.36. The van der Waals surface area contributed by atoms with Gasteiger partial charge in [-0.05, 0) is 48.2 Å². The van der Waals surface area contributed by atoms with Crippen LogP contribution < -0.4 is 14.8 Å². The Labute approximate surface area is 154 Å². The van der Waals surface area contributed by atoms with E-state index < -0.39 is 0 Å². The number of rotatable bonds is 6. The van der Waals surface area contributed by atoms with Crippen molar-refractivity contribution in [2.75, 3.05) is 27.3 Å². The largest absolute Gasteiger partial charge is 0.493 e. The summed E-state index contributed by atoms with van der Waals surface area (Å²) in [6.45, 7) is 3.83. The van der Waals surface area contributed by atoms with Crippen LogP contribution in [0.4, 0.5) is 0 Å². The molecule has 0 bridgehead atoms. The molecule has 1 aromatic carbocycles. The smallest absolute Gasteiger partial charge is 0.234 e. The lowest BCUT2D eigenvalue weighted by molar-refractivity contribution is -0.123. The maximum Gasteiger partial charge on any atom is 0.234 e. The molecule has 0 spiro atoms. The molecule has 0 aliphatic carbocycles. The summed E-state index contributed by atoms with van der Waals surface area (Å²) in [5.41, 5.74) is 3.44. The van der Waals surface area contributed by atoms with Crippen molar-refractivity contribution in [3.63, 3.8) is 0 Å². The zero-order valence-corrected chi connectivity index (χ0v) is 15.5. The maximum absolute atomic E-state index is 12.3. The van der Waals surface area contributed by atoms with Gasteiger partial charge in [0.2, 0.25) is 5.91 Å². The van der Waals surface area contributed by atoms with Gasteiger partial charge in [0.15, 0.2) is 11.5 Å². The summed E-state index contributed by atoms with van der Waals surface area (Å²) >= 11 is 0. The SMILES string of the molecule is COc1cc2c(cc1OC)C(C)N(CC(=O)NCc1cccnc1)CC2. The van der Waals surface area contributed by atoms with Gasteiger partial charge in [0, 0.05) is 31.5 Å². The summed E-state index contributed by atoms with van der Waals surface area (Å²) in [7, 11) is 3.29. The Morgan fingerprint density at radius 1 is 1.31 bits per heavy atom. The molecule has 6 nitrogen and oxygen atoms in total.